The van der Waals surface area contributed by atoms with Gasteiger partial charge in [0.2, 0.25) is 0 Å². The van der Waals surface area contributed by atoms with Crippen LogP contribution < -0.4 is 5.84 Å². The Morgan fingerprint density at radius 3 is 2.40 bits per heavy atom. The zero-order valence-electron chi connectivity index (χ0n) is 6.55. The molecule has 0 fully saturated rings. The van der Waals surface area contributed by atoms with Gasteiger partial charge in [-0.25, -0.2) is 5.84 Å². The molecule has 0 aromatic carbocycles. The number of carbonyl (C=O) groups is 1. The molecule has 58 valence electrons. The summed E-state index contributed by atoms with van der Waals surface area (Å²) in [7, 11) is 0. The van der Waals surface area contributed by atoms with Crippen LogP contribution in [-0.4, -0.2) is 17.5 Å². The molecule has 2 N–H and O–H groups in total. The number of nitrogens with zero attached hydrogens (tertiary/aromatic N) is 1. The minimum absolute atomic E-state index is 0.162. The number of hydrogen-bond donors (Lipinski definition) is 1. The first-order chi connectivity index (χ1) is 4.63. The van der Waals surface area contributed by atoms with E-state index in [-0.39, 0.29) is 5.91 Å². The second-order valence-corrected chi connectivity index (χ2v) is 2.05. The molecule has 0 unspecified atom stereocenters. The molecule has 0 saturated carbocycles. The normalized spacial score (nSPS) is 9.10. The van der Waals surface area contributed by atoms with E-state index in [1.54, 1.807) is 0 Å². The minimum atomic E-state index is -0.162. The predicted octanol–water partition coefficient (Wildman–Crippen LogP) is 0.675. The molecule has 1 amide bonds. The van der Waals surface area contributed by atoms with E-state index in [9.17, 15) is 4.79 Å². The third-order valence-electron chi connectivity index (χ3n) is 1.33. The summed E-state index contributed by atoms with van der Waals surface area (Å²) in [5, 5.41) is 1.16. The van der Waals surface area contributed by atoms with Gasteiger partial charge in [-0.15, -0.1) is 0 Å². The van der Waals surface area contributed by atoms with E-state index in [1.165, 1.54) is 0 Å². The first-order valence-electron chi connectivity index (χ1n) is 3.37. The molecule has 0 aromatic heterocycles. The first kappa shape index (κ1) is 9.17. The van der Waals surface area contributed by atoms with Gasteiger partial charge in [0.15, 0.2) is 0 Å². The van der Waals surface area contributed by atoms with E-state index in [4.69, 9.17) is 5.84 Å². The fraction of sp³-hybridized carbons (Fsp3) is 0.571. The summed E-state index contributed by atoms with van der Waals surface area (Å²) in [6.07, 6.45) is 0.659. The Labute approximate surface area is 61.5 Å². The van der Waals surface area contributed by atoms with Gasteiger partial charge in [0.05, 0.1) is 0 Å². The van der Waals surface area contributed by atoms with Gasteiger partial charge in [-0.1, -0.05) is 13.5 Å². The van der Waals surface area contributed by atoms with Gasteiger partial charge < -0.3 is 0 Å². The number of amides is 1. The highest BCUT2D eigenvalue weighted by Gasteiger charge is 2.08. The molecule has 3 nitrogen and oxygen atoms in total. The smallest absolute Gasteiger partial charge is 0.263 e. The van der Waals surface area contributed by atoms with E-state index >= 15 is 0 Å². The molecule has 0 saturated heterocycles. The standard InChI is InChI=1S/C7H14N2O/c1-4-6(3)7(10)9(8)5-2/h3-5,8H2,1-2H3. The van der Waals surface area contributed by atoms with Crippen molar-refractivity contribution in [2.75, 3.05) is 6.54 Å². The average molecular weight is 142 g/mol. The second-order valence-electron chi connectivity index (χ2n) is 2.05. The molecule has 3 heteroatoms. The Morgan fingerprint density at radius 2 is 2.10 bits per heavy atom. The third kappa shape index (κ3) is 2.19. The summed E-state index contributed by atoms with van der Waals surface area (Å²) >= 11 is 0. The van der Waals surface area contributed by atoms with Crippen molar-refractivity contribution in [2.45, 2.75) is 20.3 Å². The maximum Gasteiger partial charge on any atom is 0.263 e. The number of hydrazine groups is 1. The molecule has 0 aliphatic carbocycles. The van der Waals surface area contributed by atoms with Crippen LogP contribution in [0.25, 0.3) is 0 Å². The zero-order valence-corrected chi connectivity index (χ0v) is 6.55. The summed E-state index contributed by atoms with van der Waals surface area (Å²) in [6.45, 7) is 7.80. The number of hydrogen-bond acceptors (Lipinski definition) is 2. The van der Waals surface area contributed by atoms with E-state index in [1.807, 2.05) is 13.8 Å². The first-order valence-corrected chi connectivity index (χ1v) is 3.37. The van der Waals surface area contributed by atoms with Crippen molar-refractivity contribution in [3.05, 3.63) is 12.2 Å². The van der Waals surface area contributed by atoms with E-state index in [0.717, 1.165) is 5.01 Å². The van der Waals surface area contributed by atoms with Crippen molar-refractivity contribution >= 4 is 5.91 Å². The maximum absolute atomic E-state index is 11.0. The SMILES string of the molecule is C=C(CC)C(=O)N(N)CC. The lowest BCUT2D eigenvalue weighted by Crippen LogP contribution is -2.37. The van der Waals surface area contributed by atoms with Crippen molar-refractivity contribution in [2.24, 2.45) is 5.84 Å². The molecule has 0 spiro atoms. The molecular weight excluding hydrogens is 128 g/mol. The molecular formula is C7H14N2O. The van der Waals surface area contributed by atoms with Crippen molar-refractivity contribution in [3.8, 4) is 0 Å². The number of carbonyl (C=O) groups excluding carboxylic acids is 1. The minimum Gasteiger partial charge on any atom is -0.277 e. The van der Waals surface area contributed by atoms with E-state index in [0.29, 0.717) is 18.5 Å². The quantitative estimate of drug-likeness (QED) is 0.272. The summed E-state index contributed by atoms with van der Waals surface area (Å²) in [5.41, 5.74) is 0.560. The average Bonchev–Trinajstić information content (AvgIpc) is 2.00. The Kier molecular flexibility index (Phi) is 3.72. The fourth-order valence-electron chi connectivity index (χ4n) is 0.498. The Bertz CT molecular complexity index is 143. The third-order valence-corrected chi connectivity index (χ3v) is 1.33. The Balaban J connectivity index is 3.95. The van der Waals surface area contributed by atoms with E-state index in [2.05, 4.69) is 6.58 Å². The molecule has 0 aromatic rings. The van der Waals surface area contributed by atoms with Crippen LogP contribution in [0.3, 0.4) is 0 Å². The van der Waals surface area contributed by atoms with Crippen molar-refractivity contribution < 1.29 is 4.79 Å². The zero-order chi connectivity index (χ0) is 8.15. The molecule has 0 radical (unpaired) electrons. The second kappa shape index (κ2) is 4.06. The van der Waals surface area contributed by atoms with Gasteiger partial charge in [-0.3, -0.25) is 9.80 Å². The highest BCUT2D eigenvalue weighted by atomic mass is 16.2. The van der Waals surface area contributed by atoms with Crippen LogP contribution in [0, 0.1) is 0 Å². The molecule has 0 rings (SSSR count). The van der Waals surface area contributed by atoms with Gasteiger partial charge in [0.1, 0.15) is 0 Å². The largest absolute Gasteiger partial charge is 0.277 e. The highest BCUT2D eigenvalue weighted by Crippen LogP contribution is 1.99. The van der Waals surface area contributed by atoms with Crippen LogP contribution in [0.1, 0.15) is 20.3 Å². The number of rotatable bonds is 3. The Morgan fingerprint density at radius 1 is 1.60 bits per heavy atom. The van der Waals surface area contributed by atoms with Crippen molar-refractivity contribution in [1.82, 2.24) is 5.01 Å². The molecule has 0 atom stereocenters. The molecule has 10 heavy (non-hydrogen) atoms. The molecule has 0 bridgehead atoms. The summed E-state index contributed by atoms with van der Waals surface area (Å²) in [6, 6.07) is 0. The van der Waals surface area contributed by atoms with Gasteiger partial charge in [0, 0.05) is 12.1 Å². The fourth-order valence-corrected chi connectivity index (χ4v) is 0.498. The van der Waals surface area contributed by atoms with Crippen molar-refractivity contribution in [1.29, 1.82) is 0 Å². The van der Waals surface area contributed by atoms with Crippen LogP contribution in [0.4, 0.5) is 0 Å². The van der Waals surface area contributed by atoms with Crippen LogP contribution in [0.15, 0.2) is 12.2 Å². The van der Waals surface area contributed by atoms with Gasteiger partial charge in [-0.05, 0) is 13.3 Å². The number of nitrogens with two attached hydrogens (primary N) is 1. The molecule has 0 heterocycles. The van der Waals surface area contributed by atoms with Gasteiger partial charge in [-0.2, -0.15) is 0 Å². The molecule has 0 aliphatic heterocycles. The van der Waals surface area contributed by atoms with Crippen molar-refractivity contribution in [3.63, 3.8) is 0 Å². The van der Waals surface area contributed by atoms with Crippen LogP contribution >= 0.6 is 0 Å². The van der Waals surface area contributed by atoms with Gasteiger partial charge >= 0.3 is 0 Å². The lowest BCUT2D eigenvalue weighted by atomic mass is 10.2. The van der Waals surface area contributed by atoms with Crippen LogP contribution in [0.2, 0.25) is 0 Å². The summed E-state index contributed by atoms with van der Waals surface area (Å²) in [5.74, 6) is 5.15. The number of likely N-dealkylation sites (N-methyl/N-ethyl adjacent to an activating group) is 1. The summed E-state index contributed by atoms with van der Waals surface area (Å²) < 4.78 is 0. The van der Waals surface area contributed by atoms with Crippen LogP contribution in [0.5, 0.6) is 0 Å². The Hall–Kier alpha value is -0.830. The highest BCUT2D eigenvalue weighted by molar-refractivity contribution is 5.92. The molecule has 0 aliphatic rings. The summed E-state index contributed by atoms with van der Waals surface area (Å²) in [4.78, 5) is 11.0. The maximum atomic E-state index is 11.0. The van der Waals surface area contributed by atoms with E-state index < -0.39 is 0 Å². The predicted molar refractivity (Wildman–Crippen MR) is 41.0 cm³/mol. The lowest BCUT2D eigenvalue weighted by molar-refractivity contribution is -0.127. The van der Waals surface area contributed by atoms with Gasteiger partial charge in [0.25, 0.3) is 5.91 Å². The van der Waals surface area contributed by atoms with Crippen LogP contribution in [-0.2, 0) is 4.79 Å². The topological polar surface area (TPSA) is 46.3 Å². The monoisotopic (exact) mass is 142 g/mol. The lowest BCUT2D eigenvalue weighted by Gasteiger charge is -2.13.